The minimum Gasteiger partial charge on any atom is -0.356 e. The predicted octanol–water partition coefficient (Wildman–Crippen LogP) is 1.66. The highest BCUT2D eigenvalue weighted by Crippen LogP contribution is 2.30. The lowest BCUT2D eigenvalue weighted by atomic mass is 9.97. The molecule has 0 radical (unpaired) electrons. The van der Waals surface area contributed by atoms with Crippen molar-refractivity contribution in [3.05, 3.63) is 46.6 Å². The van der Waals surface area contributed by atoms with Crippen molar-refractivity contribution in [1.82, 2.24) is 20.0 Å². The van der Waals surface area contributed by atoms with Crippen LogP contribution in [0.4, 0.5) is 5.82 Å². The molecule has 1 aliphatic rings. The van der Waals surface area contributed by atoms with Gasteiger partial charge < -0.3 is 19.9 Å². The Morgan fingerprint density at radius 1 is 1.41 bits per heavy atom. The average Bonchev–Trinajstić information content (AvgIpc) is 3.04. The van der Waals surface area contributed by atoms with E-state index in [0.717, 1.165) is 11.3 Å². The molecule has 9 heteroatoms. The highest BCUT2D eigenvalue weighted by molar-refractivity contribution is 6.30. The highest BCUT2D eigenvalue weighted by atomic mass is 35.5. The molecule has 3 rings (SSSR count). The van der Waals surface area contributed by atoms with E-state index in [4.69, 9.17) is 16.3 Å². The van der Waals surface area contributed by atoms with Crippen molar-refractivity contribution in [2.45, 2.75) is 18.7 Å². The fraction of sp³-hybridized carbons (Fsp3) is 0.389. The van der Waals surface area contributed by atoms with E-state index in [1.165, 1.54) is 4.90 Å². The monoisotopic (exact) mass is 391 g/mol. The number of anilines is 1. The maximum Gasteiger partial charge on any atom is 0.257 e. The second kappa shape index (κ2) is 8.08. The van der Waals surface area contributed by atoms with E-state index in [9.17, 15) is 9.59 Å². The number of aromatic nitrogens is 2. The van der Waals surface area contributed by atoms with E-state index < -0.39 is 12.1 Å². The first kappa shape index (κ1) is 19.3. The van der Waals surface area contributed by atoms with Crippen LogP contribution in [0.3, 0.4) is 0 Å². The number of likely N-dealkylation sites (N-methyl/N-ethyl adjacent to an activating group) is 1. The van der Waals surface area contributed by atoms with E-state index in [2.05, 4.69) is 15.5 Å². The maximum atomic E-state index is 12.8. The van der Waals surface area contributed by atoms with Crippen molar-refractivity contribution in [2.24, 2.45) is 0 Å². The fourth-order valence-electron chi connectivity index (χ4n) is 3.03. The number of amides is 2. The summed E-state index contributed by atoms with van der Waals surface area (Å²) in [5, 5.41) is 10.3. The Morgan fingerprint density at radius 3 is 2.78 bits per heavy atom. The van der Waals surface area contributed by atoms with Gasteiger partial charge >= 0.3 is 0 Å². The number of carbonyl (C=O) groups is 2. The van der Waals surface area contributed by atoms with Crippen molar-refractivity contribution >= 4 is 29.2 Å². The minimum absolute atomic E-state index is 0.148. The summed E-state index contributed by atoms with van der Waals surface area (Å²) in [7, 11) is 5.55. The third-order valence-electron chi connectivity index (χ3n) is 4.32. The first-order valence-corrected chi connectivity index (χ1v) is 8.85. The van der Waals surface area contributed by atoms with Crippen LogP contribution >= 0.6 is 11.6 Å². The second-order valence-electron chi connectivity index (χ2n) is 6.74. The van der Waals surface area contributed by atoms with Gasteiger partial charge in [0.05, 0.1) is 11.7 Å². The zero-order valence-corrected chi connectivity index (χ0v) is 16.2. The number of aromatic amines is 1. The van der Waals surface area contributed by atoms with Gasteiger partial charge in [0, 0.05) is 24.7 Å². The molecule has 2 N–H and O–H groups in total. The van der Waals surface area contributed by atoms with Gasteiger partial charge in [-0.15, -0.1) is 0 Å². The van der Waals surface area contributed by atoms with Crippen molar-refractivity contribution in [3.63, 3.8) is 0 Å². The van der Waals surface area contributed by atoms with Crippen LogP contribution < -0.4 is 5.32 Å². The van der Waals surface area contributed by atoms with Crippen LogP contribution in [0.25, 0.3) is 0 Å². The third kappa shape index (κ3) is 4.47. The van der Waals surface area contributed by atoms with Gasteiger partial charge in [-0.25, -0.2) is 0 Å². The first-order valence-electron chi connectivity index (χ1n) is 8.48. The van der Waals surface area contributed by atoms with E-state index >= 15 is 0 Å². The van der Waals surface area contributed by atoms with Crippen LogP contribution in [0.1, 0.15) is 17.3 Å². The summed E-state index contributed by atoms with van der Waals surface area (Å²) < 4.78 is 5.58. The molecule has 0 unspecified atom stereocenters. The lowest BCUT2D eigenvalue weighted by Gasteiger charge is -2.38. The van der Waals surface area contributed by atoms with Crippen LogP contribution in [0.15, 0.2) is 30.3 Å². The number of halogens is 1. The quantitative estimate of drug-likeness (QED) is 0.809. The zero-order chi connectivity index (χ0) is 19.6. The molecule has 1 fully saturated rings. The summed E-state index contributed by atoms with van der Waals surface area (Å²) in [6, 6.07) is 8.24. The molecule has 2 aromatic rings. The largest absolute Gasteiger partial charge is 0.356 e. The smallest absolute Gasteiger partial charge is 0.257 e. The molecule has 2 atom stereocenters. The van der Waals surface area contributed by atoms with Crippen molar-refractivity contribution in [1.29, 1.82) is 0 Å². The van der Waals surface area contributed by atoms with Crippen LogP contribution in [0.5, 0.6) is 0 Å². The highest BCUT2D eigenvalue weighted by Gasteiger charge is 2.40. The number of ether oxygens (including phenoxy) is 1. The van der Waals surface area contributed by atoms with Gasteiger partial charge in [-0.2, -0.15) is 5.10 Å². The standard InChI is InChI=1S/C18H22ClN5O3/c1-23(2)9-13-8-14(22-21-13)20-18(26)17-16(24(3)15(25)10-27-17)11-4-6-12(19)7-5-11/h4-8,16-17H,9-10H2,1-3H3,(H2,20,21,22,26)/t16-,17-/m0/s1. The zero-order valence-electron chi connectivity index (χ0n) is 15.4. The Balaban J connectivity index is 1.79. The third-order valence-corrected chi connectivity index (χ3v) is 4.57. The van der Waals surface area contributed by atoms with Gasteiger partial charge in [-0.3, -0.25) is 14.7 Å². The molecule has 0 saturated carbocycles. The van der Waals surface area contributed by atoms with Gasteiger partial charge in [0.2, 0.25) is 5.91 Å². The number of morpholine rings is 1. The molecular formula is C18H22ClN5O3. The lowest BCUT2D eigenvalue weighted by molar-refractivity contribution is -0.160. The molecule has 2 amide bonds. The van der Waals surface area contributed by atoms with Crippen LogP contribution in [-0.2, 0) is 20.9 Å². The summed E-state index contributed by atoms with van der Waals surface area (Å²) in [4.78, 5) is 28.4. The molecule has 0 spiro atoms. The summed E-state index contributed by atoms with van der Waals surface area (Å²) in [5.74, 6) is -0.140. The van der Waals surface area contributed by atoms with Crippen LogP contribution in [0, 0.1) is 0 Å². The molecule has 1 aliphatic heterocycles. The van der Waals surface area contributed by atoms with Crippen LogP contribution in [-0.4, -0.2) is 65.7 Å². The summed E-state index contributed by atoms with van der Waals surface area (Å²) in [5.41, 5.74) is 1.65. The second-order valence-corrected chi connectivity index (χ2v) is 7.17. The first-order chi connectivity index (χ1) is 12.8. The Hall–Kier alpha value is -2.42. The molecule has 1 aromatic heterocycles. The molecule has 144 valence electrons. The lowest BCUT2D eigenvalue weighted by Crippen LogP contribution is -2.51. The van der Waals surface area contributed by atoms with E-state index in [1.54, 1.807) is 37.4 Å². The van der Waals surface area contributed by atoms with E-state index in [-0.39, 0.29) is 18.4 Å². The Bertz CT molecular complexity index is 821. The van der Waals surface area contributed by atoms with Crippen molar-refractivity contribution in [2.75, 3.05) is 33.1 Å². The number of benzene rings is 1. The molecular weight excluding hydrogens is 370 g/mol. The van der Waals surface area contributed by atoms with Gasteiger partial charge in [-0.05, 0) is 31.8 Å². The Labute approximate surface area is 162 Å². The summed E-state index contributed by atoms with van der Waals surface area (Å²) >= 11 is 5.95. The number of hydrogen-bond acceptors (Lipinski definition) is 5. The molecule has 27 heavy (non-hydrogen) atoms. The normalized spacial score (nSPS) is 20.2. The number of H-pyrrole nitrogens is 1. The number of nitrogens with one attached hydrogen (secondary N) is 2. The minimum atomic E-state index is -0.858. The predicted molar refractivity (Wildman–Crippen MR) is 101 cm³/mol. The Morgan fingerprint density at radius 2 is 2.11 bits per heavy atom. The van der Waals surface area contributed by atoms with Crippen molar-refractivity contribution < 1.29 is 14.3 Å². The number of nitrogens with zero attached hydrogens (tertiary/aromatic N) is 3. The molecule has 1 saturated heterocycles. The van der Waals surface area contributed by atoms with E-state index in [0.29, 0.717) is 17.4 Å². The van der Waals surface area contributed by atoms with Crippen LogP contribution in [0.2, 0.25) is 5.02 Å². The van der Waals surface area contributed by atoms with Gasteiger partial charge in [0.25, 0.3) is 5.91 Å². The molecule has 8 nitrogen and oxygen atoms in total. The summed E-state index contributed by atoms with van der Waals surface area (Å²) in [6.07, 6.45) is -0.858. The molecule has 1 aromatic carbocycles. The van der Waals surface area contributed by atoms with Gasteiger partial charge in [0.15, 0.2) is 11.9 Å². The average molecular weight is 392 g/mol. The topological polar surface area (TPSA) is 90.6 Å². The number of carbonyl (C=O) groups excluding carboxylic acids is 2. The number of rotatable bonds is 5. The molecule has 2 heterocycles. The summed E-state index contributed by atoms with van der Waals surface area (Å²) in [6.45, 7) is 0.526. The van der Waals surface area contributed by atoms with Gasteiger partial charge in [0.1, 0.15) is 6.61 Å². The fourth-order valence-corrected chi connectivity index (χ4v) is 3.16. The number of hydrogen-bond donors (Lipinski definition) is 2. The SMILES string of the molecule is CN(C)Cc1cc(NC(=O)[C@H]2OCC(=O)N(C)[C@H]2c2ccc(Cl)cc2)n[nH]1. The molecule has 0 bridgehead atoms. The van der Waals surface area contributed by atoms with Gasteiger partial charge in [-0.1, -0.05) is 23.7 Å². The Kier molecular flexibility index (Phi) is 5.79. The van der Waals surface area contributed by atoms with E-state index in [1.807, 2.05) is 19.0 Å². The maximum absolute atomic E-state index is 12.8. The molecule has 0 aliphatic carbocycles. The van der Waals surface area contributed by atoms with Crippen molar-refractivity contribution in [3.8, 4) is 0 Å².